The van der Waals surface area contributed by atoms with E-state index in [9.17, 15) is 4.39 Å². The Morgan fingerprint density at radius 2 is 1.91 bits per heavy atom. The van der Waals surface area contributed by atoms with Gasteiger partial charge in [0.1, 0.15) is 5.82 Å². The van der Waals surface area contributed by atoms with E-state index in [1.165, 1.54) is 24.3 Å². The number of hydrogen-bond acceptors (Lipinski definition) is 4. The van der Waals surface area contributed by atoms with Crippen molar-refractivity contribution in [1.82, 2.24) is 0 Å². The van der Waals surface area contributed by atoms with Gasteiger partial charge in [-0.2, -0.15) is 0 Å². The average Bonchev–Trinajstić information content (AvgIpc) is 2.04. The molecule has 0 aliphatic carbocycles. The first-order valence-electron chi connectivity index (χ1n) is 2.73. The van der Waals surface area contributed by atoms with Crippen LogP contribution in [0.3, 0.4) is 0 Å². The molecule has 0 aliphatic rings. The molecule has 0 radical (unpaired) electrons. The van der Waals surface area contributed by atoms with E-state index in [1.807, 2.05) is 0 Å². The summed E-state index contributed by atoms with van der Waals surface area (Å²) >= 11 is 0.790. The molecule has 5 heteroatoms. The predicted molar refractivity (Wildman–Crippen MR) is 37.1 cm³/mol. The van der Waals surface area contributed by atoms with E-state index >= 15 is 0 Å². The standard InChI is InChI=1S/C6H5FO3S/c7-5-1-3-6(4-2-5)11-10-9-8/h1-4,8H. The van der Waals surface area contributed by atoms with Crippen molar-refractivity contribution in [3.8, 4) is 0 Å². The van der Waals surface area contributed by atoms with Crippen LogP contribution in [0.5, 0.6) is 0 Å². The van der Waals surface area contributed by atoms with Crippen LogP contribution < -0.4 is 0 Å². The van der Waals surface area contributed by atoms with Gasteiger partial charge in [0.2, 0.25) is 0 Å². The quantitative estimate of drug-likeness (QED) is 0.435. The normalized spacial score (nSPS) is 10.0. The SMILES string of the molecule is OOOSc1ccc(F)cc1. The van der Waals surface area contributed by atoms with Crippen LogP contribution in [0, 0.1) is 5.82 Å². The second-order valence-corrected chi connectivity index (χ2v) is 2.45. The van der Waals surface area contributed by atoms with Crippen molar-refractivity contribution in [3.63, 3.8) is 0 Å². The second-order valence-electron chi connectivity index (χ2n) is 1.68. The summed E-state index contributed by atoms with van der Waals surface area (Å²) in [6, 6.07) is 5.56. The zero-order chi connectivity index (χ0) is 8.10. The molecule has 0 bridgehead atoms. The van der Waals surface area contributed by atoms with Gasteiger partial charge in [-0.3, -0.25) is 0 Å². The highest BCUT2D eigenvalue weighted by Crippen LogP contribution is 2.18. The van der Waals surface area contributed by atoms with E-state index in [2.05, 4.69) is 9.37 Å². The average molecular weight is 176 g/mol. The number of halogens is 1. The molecular weight excluding hydrogens is 171 g/mol. The molecule has 0 atom stereocenters. The van der Waals surface area contributed by atoms with Gasteiger partial charge in [0.05, 0.1) is 12.0 Å². The van der Waals surface area contributed by atoms with Gasteiger partial charge in [-0.1, -0.05) is 5.04 Å². The van der Waals surface area contributed by atoms with Crippen molar-refractivity contribution in [3.05, 3.63) is 30.1 Å². The first kappa shape index (κ1) is 8.48. The van der Waals surface area contributed by atoms with Crippen LogP contribution in [0.15, 0.2) is 29.2 Å². The summed E-state index contributed by atoms with van der Waals surface area (Å²) in [7, 11) is 0. The Morgan fingerprint density at radius 1 is 1.27 bits per heavy atom. The third-order valence-corrected chi connectivity index (χ3v) is 1.57. The minimum atomic E-state index is -0.320. The Bertz CT molecular complexity index is 214. The summed E-state index contributed by atoms with van der Waals surface area (Å²) in [6.45, 7) is 0. The van der Waals surface area contributed by atoms with Crippen LogP contribution in [0.4, 0.5) is 4.39 Å². The molecule has 0 fully saturated rings. The lowest BCUT2D eigenvalue weighted by atomic mass is 10.4. The molecule has 0 heterocycles. The molecule has 0 unspecified atom stereocenters. The fraction of sp³-hybridized carbons (Fsp3) is 0. The molecule has 1 rings (SSSR count). The van der Waals surface area contributed by atoms with Gasteiger partial charge in [0.25, 0.3) is 0 Å². The Morgan fingerprint density at radius 3 is 2.45 bits per heavy atom. The van der Waals surface area contributed by atoms with Gasteiger partial charge < -0.3 is 0 Å². The fourth-order valence-electron chi connectivity index (χ4n) is 0.545. The van der Waals surface area contributed by atoms with Crippen LogP contribution in [0.2, 0.25) is 0 Å². The van der Waals surface area contributed by atoms with E-state index < -0.39 is 0 Å². The Balaban J connectivity index is 2.52. The first-order chi connectivity index (χ1) is 5.33. The fourth-order valence-corrected chi connectivity index (χ4v) is 0.901. The molecule has 0 spiro atoms. The number of benzene rings is 1. The van der Waals surface area contributed by atoms with E-state index in [4.69, 9.17) is 5.26 Å². The van der Waals surface area contributed by atoms with Crippen molar-refractivity contribution in [1.29, 1.82) is 0 Å². The second kappa shape index (κ2) is 4.30. The Kier molecular flexibility index (Phi) is 3.31. The lowest BCUT2D eigenvalue weighted by molar-refractivity contribution is -0.432. The summed E-state index contributed by atoms with van der Waals surface area (Å²) in [4.78, 5) is 0.639. The number of rotatable bonds is 3. The molecule has 0 amide bonds. The lowest BCUT2D eigenvalue weighted by Gasteiger charge is -1.95. The highest BCUT2D eigenvalue weighted by Gasteiger charge is 1.94. The summed E-state index contributed by atoms with van der Waals surface area (Å²) in [6.07, 6.45) is 0. The van der Waals surface area contributed by atoms with Crippen LogP contribution >= 0.6 is 12.0 Å². The maximum absolute atomic E-state index is 12.3. The van der Waals surface area contributed by atoms with Crippen molar-refractivity contribution >= 4 is 12.0 Å². The van der Waals surface area contributed by atoms with Crippen molar-refractivity contribution in [2.24, 2.45) is 0 Å². The van der Waals surface area contributed by atoms with Crippen LogP contribution in [0.1, 0.15) is 0 Å². The van der Waals surface area contributed by atoms with Gasteiger partial charge in [-0.25, -0.2) is 9.65 Å². The largest absolute Gasteiger partial charge is 0.220 e. The molecule has 0 aromatic heterocycles. The summed E-state index contributed by atoms with van der Waals surface area (Å²) in [5.41, 5.74) is 0. The molecule has 11 heavy (non-hydrogen) atoms. The van der Waals surface area contributed by atoms with Crippen LogP contribution in [0.25, 0.3) is 0 Å². The molecule has 1 N–H and O–H groups in total. The van der Waals surface area contributed by atoms with E-state index in [1.54, 1.807) is 0 Å². The highest BCUT2D eigenvalue weighted by molar-refractivity contribution is 7.94. The summed E-state index contributed by atoms with van der Waals surface area (Å²) in [5.74, 6) is -0.320. The first-order valence-corrected chi connectivity index (χ1v) is 3.47. The molecule has 3 nitrogen and oxygen atoms in total. The Labute approximate surface area is 66.8 Å². The molecule has 0 saturated carbocycles. The maximum Gasteiger partial charge on any atom is 0.123 e. The summed E-state index contributed by atoms with van der Waals surface area (Å²) < 4.78 is 16.4. The highest BCUT2D eigenvalue weighted by atomic mass is 32.2. The molecule has 1 aromatic rings. The maximum atomic E-state index is 12.3. The van der Waals surface area contributed by atoms with Gasteiger partial charge in [-0.05, 0) is 24.3 Å². The molecule has 60 valence electrons. The zero-order valence-corrected chi connectivity index (χ0v) is 6.18. The summed E-state index contributed by atoms with van der Waals surface area (Å²) in [5, 5.41) is 11.1. The molecule has 0 saturated heterocycles. The van der Waals surface area contributed by atoms with Crippen molar-refractivity contribution < 1.29 is 19.0 Å². The number of hydrogen-bond donors (Lipinski definition) is 1. The monoisotopic (exact) mass is 176 g/mol. The van der Waals surface area contributed by atoms with E-state index in [0.29, 0.717) is 4.90 Å². The smallest absolute Gasteiger partial charge is 0.123 e. The minimum Gasteiger partial charge on any atom is -0.220 e. The van der Waals surface area contributed by atoms with E-state index in [0.717, 1.165) is 12.0 Å². The molecular formula is C6H5FO3S. The zero-order valence-electron chi connectivity index (χ0n) is 5.36. The van der Waals surface area contributed by atoms with E-state index in [-0.39, 0.29) is 5.82 Å². The van der Waals surface area contributed by atoms with Gasteiger partial charge in [0, 0.05) is 4.90 Å². The topological polar surface area (TPSA) is 38.7 Å². The van der Waals surface area contributed by atoms with Gasteiger partial charge in [-0.15, -0.1) is 4.33 Å². The minimum absolute atomic E-state index is 0.320. The lowest BCUT2D eigenvalue weighted by Crippen LogP contribution is -1.78. The Hall–Kier alpha value is -0.620. The third kappa shape index (κ3) is 2.85. The molecule has 0 aliphatic heterocycles. The third-order valence-electron chi connectivity index (χ3n) is 0.974. The van der Waals surface area contributed by atoms with Crippen molar-refractivity contribution in [2.75, 3.05) is 0 Å². The van der Waals surface area contributed by atoms with Gasteiger partial charge >= 0.3 is 0 Å². The van der Waals surface area contributed by atoms with Gasteiger partial charge in [0.15, 0.2) is 0 Å². The molecule has 1 aromatic carbocycles. The predicted octanol–water partition coefficient (Wildman–Crippen LogP) is 2.25. The van der Waals surface area contributed by atoms with Crippen LogP contribution in [-0.4, -0.2) is 5.26 Å². The van der Waals surface area contributed by atoms with Crippen LogP contribution in [-0.2, 0) is 9.37 Å². The van der Waals surface area contributed by atoms with Crippen molar-refractivity contribution in [2.45, 2.75) is 4.90 Å².